The number of rotatable bonds is 2. The third-order valence-corrected chi connectivity index (χ3v) is 2.19. The summed E-state index contributed by atoms with van der Waals surface area (Å²) in [7, 11) is 0. The monoisotopic (exact) mass is 248 g/mol. The van der Waals surface area contributed by atoms with Crippen LogP contribution in [0.5, 0.6) is 0 Å². The van der Waals surface area contributed by atoms with Crippen molar-refractivity contribution in [1.29, 1.82) is 0 Å². The average Bonchev–Trinajstić information content (AvgIpc) is 2.67. The van der Waals surface area contributed by atoms with Crippen molar-refractivity contribution < 1.29 is 13.9 Å². The van der Waals surface area contributed by atoms with Gasteiger partial charge in [0.1, 0.15) is 12.3 Å². The van der Waals surface area contributed by atoms with Gasteiger partial charge in [-0.3, -0.25) is 0 Å². The number of alkyl halides is 1. The molecular weight excluding hydrogens is 223 g/mol. The minimum absolute atomic E-state index is 0.153. The first-order chi connectivity index (χ1) is 7.89. The summed E-state index contributed by atoms with van der Waals surface area (Å²) in [5.41, 5.74) is 4.27. The summed E-state index contributed by atoms with van der Waals surface area (Å²) in [6, 6.07) is 0.342. The van der Waals surface area contributed by atoms with Crippen LogP contribution in [0.4, 0.5) is 9.18 Å². The van der Waals surface area contributed by atoms with Gasteiger partial charge in [0.25, 0.3) is 0 Å². The molecule has 0 heterocycles. The van der Waals surface area contributed by atoms with Crippen LogP contribution in [0.25, 0.3) is 0 Å². The van der Waals surface area contributed by atoms with Gasteiger partial charge in [0.05, 0.1) is 0 Å². The Morgan fingerprint density at radius 2 is 1.88 bits per heavy atom. The van der Waals surface area contributed by atoms with Gasteiger partial charge in [0.2, 0.25) is 0 Å². The molecule has 0 aromatic heterocycles. The highest BCUT2D eigenvalue weighted by atomic mass is 19.1. The molecule has 0 radical (unpaired) electrons. The van der Waals surface area contributed by atoms with E-state index in [9.17, 15) is 9.18 Å². The van der Waals surface area contributed by atoms with Crippen molar-refractivity contribution in [3.8, 4) is 0 Å². The van der Waals surface area contributed by atoms with Gasteiger partial charge in [0.15, 0.2) is 0 Å². The molecular formula is C12H25FN2O2. The van der Waals surface area contributed by atoms with Crippen molar-refractivity contribution in [2.24, 2.45) is 5.73 Å². The van der Waals surface area contributed by atoms with Crippen LogP contribution in [0.15, 0.2) is 0 Å². The minimum Gasteiger partial charge on any atom is -0.444 e. The van der Waals surface area contributed by atoms with Crippen LogP contribution in [-0.2, 0) is 4.74 Å². The van der Waals surface area contributed by atoms with E-state index in [2.05, 4.69) is 11.1 Å². The van der Waals surface area contributed by atoms with Crippen molar-refractivity contribution >= 4 is 6.09 Å². The third kappa shape index (κ3) is 10.1. The second-order valence-corrected chi connectivity index (χ2v) is 5.11. The van der Waals surface area contributed by atoms with Crippen molar-refractivity contribution in [1.82, 2.24) is 5.32 Å². The Bertz CT molecular complexity index is 209. The van der Waals surface area contributed by atoms with E-state index in [0.717, 1.165) is 12.8 Å². The number of amides is 1. The van der Waals surface area contributed by atoms with Crippen molar-refractivity contribution in [2.45, 2.75) is 58.1 Å². The number of carbonyl (C=O) groups is 1. The standard InChI is InChI=1S/C10H19NO2.C2H6FN/c1-10(2,3)13-9(12)11-8-6-4-5-7-8;3-1-2-4/h8H,4-7H2,1-3H3,(H,11,12);1-2,4H2. The summed E-state index contributed by atoms with van der Waals surface area (Å²) in [6.07, 6.45) is 4.36. The first-order valence-corrected chi connectivity index (χ1v) is 6.14. The predicted molar refractivity (Wildman–Crippen MR) is 66.7 cm³/mol. The maximum Gasteiger partial charge on any atom is 0.407 e. The van der Waals surface area contributed by atoms with Crippen LogP contribution < -0.4 is 11.1 Å². The molecule has 1 aliphatic rings. The molecule has 1 fully saturated rings. The van der Waals surface area contributed by atoms with E-state index in [1.807, 2.05) is 20.8 Å². The molecule has 5 heteroatoms. The van der Waals surface area contributed by atoms with E-state index in [1.165, 1.54) is 12.8 Å². The number of halogens is 1. The van der Waals surface area contributed by atoms with Gasteiger partial charge in [-0.05, 0) is 33.6 Å². The number of ether oxygens (including phenoxy) is 1. The van der Waals surface area contributed by atoms with Gasteiger partial charge in [-0.2, -0.15) is 0 Å². The number of hydrogen-bond donors (Lipinski definition) is 2. The van der Waals surface area contributed by atoms with E-state index < -0.39 is 6.67 Å². The molecule has 0 bridgehead atoms. The van der Waals surface area contributed by atoms with Crippen molar-refractivity contribution in [3.63, 3.8) is 0 Å². The highest BCUT2D eigenvalue weighted by molar-refractivity contribution is 5.68. The second kappa shape index (κ2) is 8.28. The number of hydrogen-bond acceptors (Lipinski definition) is 3. The quantitative estimate of drug-likeness (QED) is 0.788. The number of carbonyl (C=O) groups excluding carboxylic acids is 1. The van der Waals surface area contributed by atoms with E-state index in [4.69, 9.17) is 4.74 Å². The van der Waals surface area contributed by atoms with E-state index >= 15 is 0 Å². The van der Waals surface area contributed by atoms with Crippen LogP contribution in [0.3, 0.4) is 0 Å². The minimum atomic E-state index is -0.403. The first kappa shape index (κ1) is 16.2. The lowest BCUT2D eigenvalue weighted by Gasteiger charge is -2.21. The molecule has 3 N–H and O–H groups in total. The van der Waals surface area contributed by atoms with Crippen molar-refractivity contribution in [2.75, 3.05) is 13.2 Å². The fourth-order valence-corrected chi connectivity index (χ4v) is 1.54. The molecule has 17 heavy (non-hydrogen) atoms. The van der Waals surface area contributed by atoms with E-state index in [-0.39, 0.29) is 18.2 Å². The molecule has 0 spiro atoms. The lowest BCUT2D eigenvalue weighted by Crippen LogP contribution is -2.37. The molecule has 0 aliphatic heterocycles. The average molecular weight is 248 g/mol. The summed E-state index contributed by atoms with van der Waals surface area (Å²) in [4.78, 5) is 11.3. The Labute approximate surface area is 103 Å². The highest BCUT2D eigenvalue weighted by Crippen LogP contribution is 2.18. The van der Waals surface area contributed by atoms with Gasteiger partial charge >= 0.3 is 6.09 Å². The number of alkyl carbamates (subject to hydrolysis) is 1. The third-order valence-electron chi connectivity index (χ3n) is 2.19. The maximum atomic E-state index is 11.3. The Balaban J connectivity index is 0.000000557. The molecule has 4 nitrogen and oxygen atoms in total. The fraction of sp³-hybridized carbons (Fsp3) is 0.917. The van der Waals surface area contributed by atoms with Crippen LogP contribution in [-0.4, -0.2) is 31.0 Å². The maximum absolute atomic E-state index is 11.3. The fourth-order valence-electron chi connectivity index (χ4n) is 1.54. The molecule has 102 valence electrons. The topological polar surface area (TPSA) is 64.3 Å². The second-order valence-electron chi connectivity index (χ2n) is 5.11. The molecule has 1 rings (SSSR count). The lowest BCUT2D eigenvalue weighted by molar-refractivity contribution is 0.0505. The summed E-state index contributed by atoms with van der Waals surface area (Å²) in [5, 5.41) is 2.87. The largest absolute Gasteiger partial charge is 0.444 e. The molecule has 1 saturated carbocycles. The smallest absolute Gasteiger partial charge is 0.407 e. The van der Waals surface area contributed by atoms with E-state index in [0.29, 0.717) is 6.04 Å². The number of nitrogens with one attached hydrogen (secondary N) is 1. The Morgan fingerprint density at radius 1 is 1.41 bits per heavy atom. The molecule has 1 amide bonds. The predicted octanol–water partition coefficient (Wildman–Crippen LogP) is 2.37. The van der Waals surface area contributed by atoms with Crippen LogP contribution >= 0.6 is 0 Å². The van der Waals surface area contributed by atoms with Crippen LogP contribution in [0.1, 0.15) is 46.5 Å². The molecule has 0 aromatic rings. The van der Waals surface area contributed by atoms with Gasteiger partial charge in [-0.1, -0.05) is 12.8 Å². The lowest BCUT2D eigenvalue weighted by atomic mass is 10.2. The Hall–Kier alpha value is -0.840. The molecule has 0 unspecified atom stereocenters. The van der Waals surface area contributed by atoms with E-state index in [1.54, 1.807) is 0 Å². The van der Waals surface area contributed by atoms with Crippen LogP contribution in [0.2, 0.25) is 0 Å². The number of nitrogens with two attached hydrogens (primary N) is 1. The highest BCUT2D eigenvalue weighted by Gasteiger charge is 2.21. The van der Waals surface area contributed by atoms with Gasteiger partial charge in [-0.15, -0.1) is 0 Å². The Kier molecular flexibility index (Phi) is 7.87. The summed E-state index contributed by atoms with van der Waals surface area (Å²) in [5.74, 6) is 0. The van der Waals surface area contributed by atoms with Gasteiger partial charge in [-0.25, -0.2) is 9.18 Å². The molecule has 0 aromatic carbocycles. The zero-order valence-corrected chi connectivity index (χ0v) is 11.1. The van der Waals surface area contributed by atoms with Crippen LogP contribution in [0, 0.1) is 0 Å². The molecule has 0 saturated heterocycles. The normalized spacial score (nSPS) is 16.1. The van der Waals surface area contributed by atoms with Crippen molar-refractivity contribution in [3.05, 3.63) is 0 Å². The van der Waals surface area contributed by atoms with Gasteiger partial charge in [0, 0.05) is 12.6 Å². The van der Waals surface area contributed by atoms with Gasteiger partial charge < -0.3 is 15.8 Å². The Morgan fingerprint density at radius 3 is 2.24 bits per heavy atom. The summed E-state index contributed by atoms with van der Waals surface area (Å²) in [6.45, 7) is 5.38. The summed E-state index contributed by atoms with van der Waals surface area (Å²) >= 11 is 0. The zero-order chi connectivity index (χ0) is 13.3. The zero-order valence-electron chi connectivity index (χ0n) is 11.1. The summed E-state index contributed by atoms with van der Waals surface area (Å²) < 4.78 is 15.7. The SMILES string of the molecule is CC(C)(C)OC(=O)NC1CCCC1.NCCF. The molecule has 0 atom stereocenters. The first-order valence-electron chi connectivity index (χ1n) is 6.14. The molecule has 1 aliphatic carbocycles.